The van der Waals surface area contributed by atoms with Crippen LogP contribution < -0.4 is 0 Å². The second kappa shape index (κ2) is 5.97. The summed E-state index contributed by atoms with van der Waals surface area (Å²) >= 11 is 0. The van der Waals surface area contributed by atoms with E-state index in [2.05, 4.69) is 0 Å². The van der Waals surface area contributed by atoms with Gasteiger partial charge in [0.1, 0.15) is 5.82 Å². The van der Waals surface area contributed by atoms with E-state index in [1.165, 1.54) is 12.1 Å². The van der Waals surface area contributed by atoms with E-state index in [1.807, 2.05) is 13.0 Å². The number of benzene rings is 1. The fraction of sp³-hybridized carbons (Fsp3) is 0.400. The van der Waals surface area contributed by atoms with Crippen LogP contribution in [0.1, 0.15) is 31.4 Å². The molecule has 0 bridgehead atoms. The molecule has 0 aliphatic carbocycles. The number of hydrogen-bond acceptors (Lipinski definition) is 2. The summed E-state index contributed by atoms with van der Waals surface area (Å²) in [5.41, 5.74) is 1.54. The van der Waals surface area contributed by atoms with E-state index in [0.29, 0.717) is 6.54 Å². The summed E-state index contributed by atoms with van der Waals surface area (Å²) in [6, 6.07) is 5.54. The number of aliphatic hydroxyl groups is 1. The first-order chi connectivity index (χ1) is 9.17. The monoisotopic (exact) mass is 263 g/mol. The Morgan fingerprint density at radius 3 is 2.68 bits per heavy atom. The van der Waals surface area contributed by atoms with Crippen LogP contribution in [0.15, 0.2) is 35.9 Å². The highest BCUT2D eigenvalue weighted by atomic mass is 19.1. The summed E-state index contributed by atoms with van der Waals surface area (Å²) in [5, 5.41) is 9.57. The summed E-state index contributed by atoms with van der Waals surface area (Å²) < 4.78 is 12.9. The van der Waals surface area contributed by atoms with Crippen molar-refractivity contribution in [3.05, 3.63) is 47.3 Å². The number of carbonyl (C=O) groups is 1. The average molecular weight is 263 g/mol. The minimum Gasteiger partial charge on any atom is -0.394 e. The molecule has 2 rings (SSSR count). The highest BCUT2D eigenvalue weighted by Crippen LogP contribution is 2.27. The third-order valence-electron chi connectivity index (χ3n) is 3.53. The Hall–Kier alpha value is -1.68. The van der Waals surface area contributed by atoms with Crippen molar-refractivity contribution in [2.45, 2.75) is 25.8 Å². The van der Waals surface area contributed by atoms with Crippen molar-refractivity contribution in [2.75, 3.05) is 13.2 Å². The van der Waals surface area contributed by atoms with Gasteiger partial charge in [-0.25, -0.2) is 4.39 Å². The molecule has 1 aromatic rings. The van der Waals surface area contributed by atoms with E-state index in [-0.39, 0.29) is 18.3 Å². The highest BCUT2D eigenvalue weighted by molar-refractivity contribution is 5.94. The Morgan fingerprint density at radius 2 is 2.11 bits per heavy atom. The van der Waals surface area contributed by atoms with Crippen LogP contribution in [-0.2, 0) is 4.79 Å². The lowest BCUT2D eigenvalue weighted by molar-refractivity contribution is -0.132. The van der Waals surface area contributed by atoms with Crippen LogP contribution in [0.25, 0.3) is 0 Å². The molecule has 1 aromatic carbocycles. The molecule has 102 valence electrons. The molecule has 1 amide bonds. The van der Waals surface area contributed by atoms with Crippen LogP contribution in [0.4, 0.5) is 4.39 Å². The maximum Gasteiger partial charge on any atom is 0.250 e. The molecule has 4 heteroatoms. The zero-order valence-electron chi connectivity index (χ0n) is 11.0. The number of allylic oxidation sites excluding steroid dienone is 1. The average Bonchev–Trinajstić information content (AvgIpc) is 2.43. The first-order valence-electron chi connectivity index (χ1n) is 6.50. The molecular formula is C15H18FNO2. The molecule has 19 heavy (non-hydrogen) atoms. The maximum atomic E-state index is 12.9. The van der Waals surface area contributed by atoms with Gasteiger partial charge in [-0.3, -0.25) is 4.79 Å². The molecule has 1 aliphatic heterocycles. The summed E-state index contributed by atoms with van der Waals surface area (Å²) in [5.74, 6) is -0.350. The van der Waals surface area contributed by atoms with Gasteiger partial charge in [0, 0.05) is 12.1 Å². The molecule has 0 spiro atoms. The Morgan fingerprint density at radius 1 is 1.42 bits per heavy atom. The number of carbonyl (C=O) groups excluding carboxylic acids is 1. The summed E-state index contributed by atoms with van der Waals surface area (Å²) in [6.45, 7) is 2.32. The molecule has 1 saturated heterocycles. The minimum absolute atomic E-state index is 0.0304. The van der Waals surface area contributed by atoms with Crippen molar-refractivity contribution in [3.8, 4) is 0 Å². The second-order valence-corrected chi connectivity index (χ2v) is 4.67. The lowest BCUT2D eigenvalue weighted by Gasteiger charge is -2.35. The molecule has 3 nitrogen and oxygen atoms in total. The van der Waals surface area contributed by atoms with Gasteiger partial charge in [0.05, 0.1) is 12.6 Å². The van der Waals surface area contributed by atoms with Crippen LogP contribution in [-0.4, -0.2) is 29.1 Å². The smallest absolute Gasteiger partial charge is 0.250 e. The fourth-order valence-corrected chi connectivity index (χ4v) is 2.47. The third kappa shape index (κ3) is 2.84. The SMILES string of the molecule is C/C=C1\CCCN([C@@H](CO)c2ccc(F)cc2)C1=O. The van der Waals surface area contributed by atoms with Crippen molar-refractivity contribution in [2.24, 2.45) is 0 Å². The quantitative estimate of drug-likeness (QED) is 0.851. The number of piperidine rings is 1. The normalized spacial score (nSPS) is 19.8. The number of aliphatic hydroxyl groups excluding tert-OH is 1. The number of halogens is 1. The van der Waals surface area contributed by atoms with Gasteiger partial charge in [0.25, 0.3) is 0 Å². The predicted octanol–water partition coefficient (Wildman–Crippen LogP) is 2.43. The Kier molecular flexibility index (Phi) is 4.32. The molecule has 0 unspecified atom stereocenters. The van der Waals surface area contributed by atoms with Crippen molar-refractivity contribution < 1.29 is 14.3 Å². The molecule has 1 atom stereocenters. The van der Waals surface area contributed by atoms with Gasteiger partial charge in [0.2, 0.25) is 5.91 Å². The van der Waals surface area contributed by atoms with E-state index in [1.54, 1.807) is 17.0 Å². The molecule has 0 radical (unpaired) electrons. The van der Waals surface area contributed by atoms with E-state index in [0.717, 1.165) is 24.0 Å². The van der Waals surface area contributed by atoms with Gasteiger partial charge in [-0.05, 0) is 37.5 Å². The first-order valence-corrected chi connectivity index (χ1v) is 6.50. The van der Waals surface area contributed by atoms with E-state index < -0.39 is 6.04 Å². The van der Waals surface area contributed by atoms with Crippen LogP contribution >= 0.6 is 0 Å². The van der Waals surface area contributed by atoms with Crippen molar-refractivity contribution in [3.63, 3.8) is 0 Å². The summed E-state index contributed by atoms with van der Waals surface area (Å²) in [6.07, 6.45) is 3.50. The van der Waals surface area contributed by atoms with Crippen LogP contribution in [0.2, 0.25) is 0 Å². The van der Waals surface area contributed by atoms with Gasteiger partial charge >= 0.3 is 0 Å². The molecule has 1 heterocycles. The van der Waals surface area contributed by atoms with Crippen molar-refractivity contribution in [1.29, 1.82) is 0 Å². The van der Waals surface area contributed by atoms with Gasteiger partial charge in [-0.15, -0.1) is 0 Å². The van der Waals surface area contributed by atoms with E-state index in [9.17, 15) is 14.3 Å². The number of hydrogen-bond donors (Lipinski definition) is 1. The Balaban J connectivity index is 2.26. The van der Waals surface area contributed by atoms with Gasteiger partial charge in [-0.2, -0.15) is 0 Å². The van der Waals surface area contributed by atoms with E-state index in [4.69, 9.17) is 0 Å². The zero-order valence-corrected chi connectivity index (χ0v) is 11.0. The molecule has 0 saturated carbocycles. The number of amides is 1. The third-order valence-corrected chi connectivity index (χ3v) is 3.53. The van der Waals surface area contributed by atoms with Crippen LogP contribution in [0, 0.1) is 5.82 Å². The van der Waals surface area contributed by atoms with Crippen molar-refractivity contribution >= 4 is 5.91 Å². The lowest BCUT2D eigenvalue weighted by Crippen LogP contribution is -2.41. The lowest BCUT2D eigenvalue weighted by atomic mass is 9.98. The molecule has 1 fully saturated rings. The van der Waals surface area contributed by atoms with Crippen LogP contribution in [0.5, 0.6) is 0 Å². The van der Waals surface area contributed by atoms with Gasteiger partial charge < -0.3 is 10.0 Å². The van der Waals surface area contributed by atoms with Gasteiger partial charge in [-0.1, -0.05) is 18.2 Å². The largest absolute Gasteiger partial charge is 0.394 e. The standard InChI is InChI=1S/C15H18FNO2/c1-2-11-4-3-9-17(15(11)19)14(10-18)12-5-7-13(16)8-6-12/h2,5-8,14,18H,3-4,9-10H2,1H3/b11-2+/t14-/m0/s1. The molecule has 0 aromatic heterocycles. The van der Waals surface area contributed by atoms with Crippen molar-refractivity contribution in [1.82, 2.24) is 4.90 Å². The fourth-order valence-electron chi connectivity index (χ4n) is 2.47. The zero-order chi connectivity index (χ0) is 13.8. The molecule has 1 N–H and O–H groups in total. The van der Waals surface area contributed by atoms with Crippen LogP contribution in [0.3, 0.4) is 0 Å². The topological polar surface area (TPSA) is 40.5 Å². The van der Waals surface area contributed by atoms with Gasteiger partial charge in [0.15, 0.2) is 0 Å². The summed E-state index contributed by atoms with van der Waals surface area (Å²) in [7, 11) is 0. The predicted molar refractivity (Wildman–Crippen MR) is 70.9 cm³/mol. The summed E-state index contributed by atoms with van der Waals surface area (Å²) in [4.78, 5) is 13.9. The number of likely N-dealkylation sites (tertiary alicyclic amines) is 1. The molecular weight excluding hydrogens is 245 g/mol. The minimum atomic E-state index is -0.400. The molecule has 1 aliphatic rings. The van der Waals surface area contributed by atoms with E-state index >= 15 is 0 Å². The second-order valence-electron chi connectivity index (χ2n) is 4.67. The number of rotatable bonds is 3. The highest BCUT2D eigenvalue weighted by Gasteiger charge is 2.29. The number of nitrogens with zero attached hydrogens (tertiary/aromatic N) is 1. The Bertz CT molecular complexity index is 481. The Labute approximate surface area is 112 Å². The first kappa shape index (κ1) is 13.7. The maximum absolute atomic E-state index is 12.9.